The van der Waals surface area contributed by atoms with Gasteiger partial charge in [-0.3, -0.25) is 9.63 Å². The molecule has 11 heteroatoms. The van der Waals surface area contributed by atoms with Crippen LogP contribution in [0.2, 0.25) is 0 Å². The normalized spacial score (nSPS) is 22.2. The number of ether oxygens (including phenoxy) is 1. The van der Waals surface area contributed by atoms with Crippen molar-refractivity contribution in [1.29, 1.82) is 0 Å². The molecule has 2 aromatic rings. The molecular weight excluding hydrogens is 556 g/mol. The van der Waals surface area contributed by atoms with Gasteiger partial charge in [0.2, 0.25) is 5.91 Å². The fourth-order valence-corrected chi connectivity index (χ4v) is 4.11. The van der Waals surface area contributed by atoms with Crippen molar-refractivity contribution in [1.82, 2.24) is 10.4 Å². The van der Waals surface area contributed by atoms with Crippen LogP contribution < -0.4 is 10.1 Å². The molecule has 0 spiro atoms. The van der Waals surface area contributed by atoms with E-state index in [0.717, 1.165) is 21.3 Å². The summed E-state index contributed by atoms with van der Waals surface area (Å²) in [5.74, 6) is -1.47. The number of carbonyl (C=O) groups excluding carboxylic acids is 1. The van der Waals surface area contributed by atoms with Crippen LogP contribution in [-0.4, -0.2) is 52.4 Å². The first kappa shape index (κ1) is 25.7. The predicted octanol–water partition coefficient (Wildman–Crippen LogP) is 2.98. The smallest absolute Gasteiger partial charge is 0.406 e. The Kier molecular flexibility index (Phi) is 8.56. The molecule has 3 N–H and O–H groups in total. The molecule has 4 atom stereocenters. The number of hydroxylamine groups is 2. The minimum atomic E-state index is -4.78. The lowest BCUT2D eigenvalue weighted by molar-refractivity contribution is -0.274. The van der Waals surface area contributed by atoms with Gasteiger partial charge in [-0.25, -0.2) is 0 Å². The predicted molar refractivity (Wildman–Crippen MR) is 121 cm³/mol. The molecule has 0 saturated carbocycles. The molecular formula is C22H24F3IN2O5. The van der Waals surface area contributed by atoms with E-state index in [0.29, 0.717) is 5.56 Å². The van der Waals surface area contributed by atoms with Gasteiger partial charge in [-0.15, -0.1) is 13.2 Å². The highest BCUT2D eigenvalue weighted by Crippen LogP contribution is 2.32. The number of aliphatic hydroxyl groups is 2. The first-order chi connectivity index (χ1) is 15.6. The highest BCUT2D eigenvalue weighted by molar-refractivity contribution is 14.1. The van der Waals surface area contributed by atoms with E-state index in [4.69, 9.17) is 4.84 Å². The van der Waals surface area contributed by atoms with Gasteiger partial charge in [0.05, 0.1) is 19.3 Å². The Morgan fingerprint density at radius 1 is 1.18 bits per heavy atom. The van der Waals surface area contributed by atoms with Gasteiger partial charge in [-0.1, -0.05) is 24.3 Å². The molecule has 0 aliphatic carbocycles. The Labute approximate surface area is 202 Å². The van der Waals surface area contributed by atoms with Crippen LogP contribution in [0, 0.1) is 9.49 Å². The lowest BCUT2D eigenvalue weighted by atomic mass is 9.89. The maximum absolute atomic E-state index is 13.1. The summed E-state index contributed by atoms with van der Waals surface area (Å²) in [7, 11) is 0. The van der Waals surface area contributed by atoms with Crippen LogP contribution in [0.25, 0.3) is 0 Å². The molecule has 1 heterocycles. The molecule has 0 unspecified atom stereocenters. The van der Waals surface area contributed by atoms with Gasteiger partial charge in [-0.05, 0) is 64.9 Å². The molecule has 33 heavy (non-hydrogen) atoms. The van der Waals surface area contributed by atoms with Crippen molar-refractivity contribution in [2.45, 2.75) is 44.6 Å². The fraction of sp³-hybridized carbons (Fsp3) is 0.409. The monoisotopic (exact) mass is 580 g/mol. The molecule has 1 fully saturated rings. The number of aliphatic hydroxyl groups excluding tert-OH is 2. The topological polar surface area (TPSA) is 91.3 Å². The highest BCUT2D eigenvalue weighted by Gasteiger charge is 2.49. The van der Waals surface area contributed by atoms with Crippen molar-refractivity contribution in [2.75, 3.05) is 6.61 Å². The lowest BCUT2D eigenvalue weighted by Gasteiger charge is -2.26. The number of benzene rings is 2. The maximum atomic E-state index is 13.1. The molecule has 1 aliphatic rings. The van der Waals surface area contributed by atoms with E-state index in [1.165, 1.54) is 24.1 Å². The first-order valence-corrected chi connectivity index (χ1v) is 11.2. The van der Waals surface area contributed by atoms with Crippen LogP contribution in [0.5, 0.6) is 5.75 Å². The summed E-state index contributed by atoms with van der Waals surface area (Å²) in [6, 6.07) is 11.9. The highest BCUT2D eigenvalue weighted by atomic mass is 127. The van der Waals surface area contributed by atoms with Crippen molar-refractivity contribution < 1.29 is 37.8 Å². The van der Waals surface area contributed by atoms with E-state index in [2.05, 4.69) is 32.6 Å². The van der Waals surface area contributed by atoms with Crippen LogP contribution in [0.15, 0.2) is 48.5 Å². The zero-order chi connectivity index (χ0) is 24.2. The second kappa shape index (κ2) is 11.0. The number of hydrogen-bond donors (Lipinski definition) is 3. The molecule has 1 saturated heterocycles. The van der Waals surface area contributed by atoms with Crippen LogP contribution in [0.3, 0.4) is 0 Å². The largest absolute Gasteiger partial charge is 0.573 e. The molecule has 180 valence electrons. The standard InChI is InChI=1S/C22H24F3IN2O5/c1-13(30)19-18(12-29)33-28(11-15-2-6-16(26)7-3-15)20(19)21(31)27-10-14-4-8-17(9-5-14)32-22(23,24)25/h2-9,13,18-20,29-30H,10-12H2,1H3,(H,27,31)/t13-,18-,19+,20-/m1/s1. The van der Waals surface area contributed by atoms with E-state index in [1.807, 2.05) is 24.3 Å². The second-order valence-electron chi connectivity index (χ2n) is 7.70. The van der Waals surface area contributed by atoms with Gasteiger partial charge in [0, 0.05) is 16.0 Å². The molecule has 7 nitrogen and oxygen atoms in total. The number of hydrogen-bond acceptors (Lipinski definition) is 6. The lowest BCUT2D eigenvalue weighted by Crippen LogP contribution is -2.48. The van der Waals surface area contributed by atoms with Gasteiger partial charge in [-0.2, -0.15) is 5.06 Å². The Hall–Kier alpha value is -1.93. The number of carbonyl (C=O) groups is 1. The van der Waals surface area contributed by atoms with E-state index in [-0.39, 0.29) is 25.4 Å². The zero-order valence-electron chi connectivity index (χ0n) is 17.6. The van der Waals surface area contributed by atoms with Gasteiger partial charge in [0.15, 0.2) is 0 Å². The summed E-state index contributed by atoms with van der Waals surface area (Å²) < 4.78 is 41.8. The third kappa shape index (κ3) is 7.03. The number of halogens is 4. The van der Waals surface area contributed by atoms with Gasteiger partial charge >= 0.3 is 6.36 Å². The van der Waals surface area contributed by atoms with Crippen LogP contribution in [-0.2, 0) is 22.7 Å². The van der Waals surface area contributed by atoms with E-state index in [9.17, 15) is 28.2 Å². The van der Waals surface area contributed by atoms with Gasteiger partial charge < -0.3 is 20.3 Å². The summed E-state index contributed by atoms with van der Waals surface area (Å²) in [6.45, 7) is 1.47. The Balaban J connectivity index is 1.71. The van der Waals surface area contributed by atoms with Crippen LogP contribution >= 0.6 is 22.6 Å². The molecule has 3 rings (SSSR count). The Bertz CT molecular complexity index is 925. The number of alkyl halides is 3. The summed E-state index contributed by atoms with van der Waals surface area (Å²) in [6.07, 6.45) is -6.47. The van der Waals surface area contributed by atoms with E-state index < -0.39 is 36.4 Å². The average Bonchev–Trinajstić information content (AvgIpc) is 3.12. The zero-order valence-corrected chi connectivity index (χ0v) is 19.8. The number of nitrogens with one attached hydrogen (secondary N) is 1. The van der Waals surface area contributed by atoms with Crippen molar-refractivity contribution in [3.8, 4) is 5.75 Å². The minimum absolute atomic E-state index is 0.0509. The minimum Gasteiger partial charge on any atom is -0.406 e. The average molecular weight is 580 g/mol. The van der Waals surface area contributed by atoms with E-state index in [1.54, 1.807) is 0 Å². The third-order valence-corrected chi connectivity index (χ3v) is 5.98. The van der Waals surface area contributed by atoms with Crippen molar-refractivity contribution >= 4 is 28.5 Å². The Morgan fingerprint density at radius 2 is 1.79 bits per heavy atom. The van der Waals surface area contributed by atoms with Gasteiger partial charge in [0.25, 0.3) is 0 Å². The van der Waals surface area contributed by atoms with Crippen molar-refractivity contribution in [3.05, 3.63) is 63.2 Å². The Morgan fingerprint density at radius 3 is 2.33 bits per heavy atom. The molecule has 0 aromatic heterocycles. The summed E-state index contributed by atoms with van der Waals surface area (Å²) in [4.78, 5) is 18.9. The molecule has 2 aromatic carbocycles. The first-order valence-electron chi connectivity index (χ1n) is 10.2. The number of nitrogens with zero attached hydrogens (tertiary/aromatic N) is 1. The van der Waals surface area contributed by atoms with Crippen LogP contribution in [0.1, 0.15) is 18.1 Å². The van der Waals surface area contributed by atoms with E-state index >= 15 is 0 Å². The maximum Gasteiger partial charge on any atom is 0.573 e. The van der Waals surface area contributed by atoms with Crippen molar-refractivity contribution in [3.63, 3.8) is 0 Å². The molecule has 1 aliphatic heterocycles. The van der Waals surface area contributed by atoms with Crippen molar-refractivity contribution in [2.24, 2.45) is 5.92 Å². The summed E-state index contributed by atoms with van der Waals surface area (Å²) in [5.41, 5.74) is 1.45. The van der Waals surface area contributed by atoms with Gasteiger partial charge in [0.1, 0.15) is 17.9 Å². The molecule has 0 bridgehead atoms. The molecule has 1 amide bonds. The fourth-order valence-electron chi connectivity index (χ4n) is 3.75. The molecule has 0 radical (unpaired) electrons. The number of rotatable bonds is 8. The third-order valence-electron chi connectivity index (χ3n) is 5.26. The summed E-state index contributed by atoms with van der Waals surface area (Å²) >= 11 is 2.18. The number of amides is 1. The van der Waals surface area contributed by atoms with Crippen LogP contribution in [0.4, 0.5) is 13.2 Å². The quantitative estimate of drug-likeness (QED) is 0.417. The second-order valence-corrected chi connectivity index (χ2v) is 8.95. The SMILES string of the molecule is C[C@@H](O)[C@H]1[C@@H](CO)ON(Cc2ccc(I)cc2)[C@H]1C(=O)NCc1ccc(OC(F)(F)F)cc1. The summed E-state index contributed by atoms with van der Waals surface area (Å²) in [5, 5.41) is 24.2.